The molecule has 0 radical (unpaired) electrons. The van der Waals surface area contributed by atoms with Gasteiger partial charge in [-0.1, -0.05) is 0 Å². The van der Waals surface area contributed by atoms with Crippen LogP contribution in [0, 0.1) is 0 Å². The van der Waals surface area contributed by atoms with Gasteiger partial charge in [0, 0.05) is 18.0 Å². The van der Waals surface area contributed by atoms with E-state index in [-0.39, 0.29) is 11.4 Å². The van der Waals surface area contributed by atoms with Crippen LogP contribution in [0.2, 0.25) is 0 Å². The maximum Gasteiger partial charge on any atom is 0.360 e. The molecular weight excluding hydrogens is 252 g/mol. The van der Waals surface area contributed by atoms with Gasteiger partial charge < -0.3 is 20.2 Å². The average molecular weight is 264 g/mol. The number of hydrogen-bond acceptors (Lipinski definition) is 4. The topological polar surface area (TPSA) is 74.5 Å². The monoisotopic (exact) mass is 264 g/mol. The summed E-state index contributed by atoms with van der Waals surface area (Å²) < 4.78 is 5.09. The van der Waals surface area contributed by atoms with Crippen molar-refractivity contribution in [2.45, 2.75) is 6.92 Å². The van der Waals surface area contributed by atoms with Gasteiger partial charge in [0.25, 0.3) is 0 Å². The summed E-state index contributed by atoms with van der Waals surface area (Å²) in [7, 11) is 0. The highest BCUT2D eigenvalue weighted by atomic mass is 32.1. The van der Waals surface area contributed by atoms with Gasteiger partial charge in [0.1, 0.15) is 17.0 Å². The Bertz CT molecular complexity index is 651. The number of phenols is 1. The van der Waals surface area contributed by atoms with E-state index in [1.54, 1.807) is 12.1 Å². The second-order valence-corrected chi connectivity index (χ2v) is 4.06. The minimum absolute atomic E-state index is 0.0505. The van der Waals surface area contributed by atoms with Crippen LogP contribution in [-0.4, -0.2) is 16.8 Å². The zero-order valence-corrected chi connectivity index (χ0v) is 10.5. The number of thiocarbonyl (C=S) groups is 1. The Kier molecular flexibility index (Phi) is 3.47. The third-order valence-corrected chi connectivity index (χ3v) is 2.55. The molecule has 0 saturated carbocycles. The number of fused-ring (bicyclic) bond motifs is 1. The fourth-order valence-electron chi connectivity index (χ4n) is 1.51. The van der Waals surface area contributed by atoms with Gasteiger partial charge >= 0.3 is 5.63 Å². The summed E-state index contributed by atoms with van der Waals surface area (Å²) in [5.74, 6) is 0.0505. The molecular formula is C12H12N2O3S. The van der Waals surface area contributed by atoms with Crippen molar-refractivity contribution in [2.24, 2.45) is 0 Å². The van der Waals surface area contributed by atoms with Crippen LogP contribution in [0.15, 0.2) is 33.5 Å². The van der Waals surface area contributed by atoms with E-state index in [4.69, 9.17) is 16.6 Å². The number of benzene rings is 1. The summed E-state index contributed by atoms with van der Waals surface area (Å²) in [5, 5.41) is 16.0. The zero-order chi connectivity index (χ0) is 13.1. The third-order valence-electron chi connectivity index (χ3n) is 2.31. The molecule has 0 spiro atoms. The molecule has 0 amide bonds. The Morgan fingerprint density at radius 2 is 2.22 bits per heavy atom. The lowest BCUT2D eigenvalue weighted by Gasteiger charge is -2.08. The first-order valence-corrected chi connectivity index (χ1v) is 5.82. The molecule has 0 bridgehead atoms. The molecule has 6 heteroatoms. The van der Waals surface area contributed by atoms with Crippen molar-refractivity contribution < 1.29 is 9.52 Å². The lowest BCUT2D eigenvalue weighted by atomic mass is 10.2. The molecule has 1 aromatic heterocycles. The predicted octanol–water partition coefficient (Wildman–Crippen LogP) is 1.80. The van der Waals surface area contributed by atoms with Gasteiger partial charge in [-0.3, -0.25) is 0 Å². The van der Waals surface area contributed by atoms with Crippen LogP contribution in [0.5, 0.6) is 5.75 Å². The van der Waals surface area contributed by atoms with E-state index in [0.29, 0.717) is 22.6 Å². The van der Waals surface area contributed by atoms with Crippen LogP contribution in [0.1, 0.15) is 6.92 Å². The van der Waals surface area contributed by atoms with Gasteiger partial charge in [0.15, 0.2) is 5.11 Å². The van der Waals surface area contributed by atoms with Crippen molar-refractivity contribution in [3.05, 3.63) is 34.7 Å². The smallest absolute Gasteiger partial charge is 0.360 e. The van der Waals surface area contributed by atoms with E-state index in [9.17, 15) is 9.90 Å². The number of rotatable bonds is 2. The summed E-state index contributed by atoms with van der Waals surface area (Å²) in [6.45, 7) is 2.57. The number of aromatic hydroxyl groups is 1. The largest absolute Gasteiger partial charge is 0.508 e. The van der Waals surface area contributed by atoms with Crippen molar-refractivity contribution in [3.8, 4) is 5.75 Å². The third kappa shape index (κ3) is 2.60. The van der Waals surface area contributed by atoms with Gasteiger partial charge in [0.05, 0.1) is 0 Å². The fourth-order valence-corrected chi connectivity index (χ4v) is 1.77. The minimum atomic E-state index is -0.534. The maximum atomic E-state index is 11.7. The first-order chi connectivity index (χ1) is 8.60. The maximum absolute atomic E-state index is 11.7. The molecule has 2 rings (SSSR count). The van der Waals surface area contributed by atoms with Crippen LogP contribution in [0.25, 0.3) is 11.0 Å². The Labute approximate surface area is 108 Å². The number of phenolic OH excluding ortho intramolecular Hbond substituents is 1. The van der Waals surface area contributed by atoms with Gasteiger partial charge in [0.2, 0.25) is 0 Å². The first-order valence-electron chi connectivity index (χ1n) is 5.42. The van der Waals surface area contributed by atoms with E-state index >= 15 is 0 Å². The van der Waals surface area contributed by atoms with Crippen LogP contribution in [0.4, 0.5) is 5.69 Å². The summed E-state index contributed by atoms with van der Waals surface area (Å²) in [4.78, 5) is 11.7. The molecule has 1 heterocycles. The molecule has 94 valence electrons. The van der Waals surface area contributed by atoms with E-state index in [0.717, 1.165) is 0 Å². The Morgan fingerprint density at radius 3 is 2.94 bits per heavy atom. The molecule has 0 fully saturated rings. The average Bonchev–Trinajstić information content (AvgIpc) is 2.31. The summed E-state index contributed by atoms with van der Waals surface area (Å²) in [5.41, 5.74) is 0.0624. The molecule has 0 unspecified atom stereocenters. The van der Waals surface area contributed by atoms with E-state index in [2.05, 4.69) is 10.6 Å². The van der Waals surface area contributed by atoms with Crippen molar-refractivity contribution in [2.75, 3.05) is 11.9 Å². The normalized spacial score (nSPS) is 10.3. The Morgan fingerprint density at radius 1 is 1.44 bits per heavy atom. The number of nitrogens with one attached hydrogen (secondary N) is 2. The number of hydrogen-bond donors (Lipinski definition) is 3. The lowest BCUT2D eigenvalue weighted by molar-refractivity contribution is 0.473. The van der Waals surface area contributed by atoms with E-state index < -0.39 is 5.63 Å². The fraction of sp³-hybridized carbons (Fsp3) is 0.167. The van der Waals surface area contributed by atoms with Crippen molar-refractivity contribution in [3.63, 3.8) is 0 Å². The van der Waals surface area contributed by atoms with Crippen LogP contribution in [-0.2, 0) is 0 Å². The highest BCUT2D eigenvalue weighted by Crippen LogP contribution is 2.20. The summed E-state index contributed by atoms with van der Waals surface area (Å²) >= 11 is 5.00. The Balaban J connectivity index is 2.40. The zero-order valence-electron chi connectivity index (χ0n) is 9.69. The summed E-state index contributed by atoms with van der Waals surface area (Å²) in [6.07, 6.45) is 0. The number of anilines is 1. The van der Waals surface area contributed by atoms with Gasteiger partial charge in [-0.15, -0.1) is 0 Å². The highest BCUT2D eigenvalue weighted by Gasteiger charge is 2.07. The van der Waals surface area contributed by atoms with E-state index in [1.807, 2.05) is 6.92 Å². The van der Waals surface area contributed by atoms with Crippen molar-refractivity contribution in [1.82, 2.24) is 5.32 Å². The van der Waals surface area contributed by atoms with E-state index in [1.165, 1.54) is 12.1 Å². The molecule has 3 N–H and O–H groups in total. The quantitative estimate of drug-likeness (QED) is 0.567. The molecule has 2 aromatic rings. The van der Waals surface area contributed by atoms with Gasteiger partial charge in [-0.25, -0.2) is 4.79 Å². The molecule has 5 nitrogen and oxygen atoms in total. The van der Waals surface area contributed by atoms with Crippen LogP contribution in [0.3, 0.4) is 0 Å². The molecule has 1 aromatic carbocycles. The molecule has 18 heavy (non-hydrogen) atoms. The SMILES string of the molecule is CCNC(=S)Nc1cc2ccc(O)cc2oc1=O. The molecule has 0 aliphatic rings. The standard InChI is InChI=1S/C12H12N2O3S/c1-2-13-12(18)14-9-5-7-3-4-8(15)6-10(7)17-11(9)16/h3-6,15H,2H2,1H3,(H2,13,14,18). The molecule has 0 saturated heterocycles. The second-order valence-electron chi connectivity index (χ2n) is 3.65. The van der Waals surface area contributed by atoms with Crippen LogP contribution >= 0.6 is 12.2 Å². The minimum Gasteiger partial charge on any atom is -0.508 e. The van der Waals surface area contributed by atoms with Gasteiger partial charge in [-0.05, 0) is 37.3 Å². The second kappa shape index (κ2) is 5.05. The summed E-state index contributed by atoms with van der Waals surface area (Å²) in [6, 6.07) is 6.21. The predicted molar refractivity (Wildman–Crippen MR) is 74.0 cm³/mol. The lowest BCUT2D eigenvalue weighted by Crippen LogP contribution is -2.29. The molecule has 0 aliphatic heterocycles. The first kappa shape index (κ1) is 12.4. The van der Waals surface area contributed by atoms with Crippen molar-refractivity contribution in [1.29, 1.82) is 0 Å². The Hall–Kier alpha value is -2.08. The molecule has 0 aliphatic carbocycles. The van der Waals surface area contributed by atoms with Gasteiger partial charge in [-0.2, -0.15) is 0 Å². The van der Waals surface area contributed by atoms with Crippen LogP contribution < -0.4 is 16.3 Å². The van der Waals surface area contributed by atoms with Crippen molar-refractivity contribution >= 4 is 34.0 Å². The molecule has 0 atom stereocenters. The highest BCUT2D eigenvalue weighted by molar-refractivity contribution is 7.80.